The Hall–Kier alpha value is -1.36. The monoisotopic (exact) mass is 180 g/mol. The number of amides is 1. The molecule has 0 aromatic carbocycles. The second kappa shape index (κ2) is 3.18. The molecule has 1 fully saturated rings. The van der Waals surface area contributed by atoms with Gasteiger partial charge < -0.3 is 4.74 Å². The lowest BCUT2D eigenvalue weighted by molar-refractivity contribution is -0.125. The molecule has 5 nitrogen and oxygen atoms in total. The fourth-order valence-corrected chi connectivity index (χ4v) is 1.33. The van der Waals surface area contributed by atoms with Gasteiger partial charge in [-0.05, 0) is 0 Å². The van der Waals surface area contributed by atoms with Crippen molar-refractivity contribution in [2.24, 2.45) is 7.05 Å². The molecule has 13 heavy (non-hydrogen) atoms. The molecule has 2 heterocycles. The van der Waals surface area contributed by atoms with Crippen LogP contribution in [0.5, 0.6) is 0 Å². The SMILES string of the molecule is Cn1n[c]cc1N1CCOCC1=O. The summed E-state index contributed by atoms with van der Waals surface area (Å²) in [6, 6.07) is 1.70. The molecular weight excluding hydrogens is 170 g/mol. The summed E-state index contributed by atoms with van der Waals surface area (Å²) < 4.78 is 6.65. The minimum Gasteiger partial charge on any atom is -0.370 e. The van der Waals surface area contributed by atoms with Crippen LogP contribution in [0.4, 0.5) is 5.82 Å². The third-order valence-corrected chi connectivity index (χ3v) is 2.00. The van der Waals surface area contributed by atoms with Gasteiger partial charge in [0.25, 0.3) is 5.91 Å². The van der Waals surface area contributed by atoms with Gasteiger partial charge >= 0.3 is 0 Å². The molecule has 1 radical (unpaired) electrons. The number of morpholine rings is 1. The van der Waals surface area contributed by atoms with Gasteiger partial charge in [0.1, 0.15) is 18.6 Å². The van der Waals surface area contributed by atoms with E-state index in [9.17, 15) is 4.79 Å². The van der Waals surface area contributed by atoms with E-state index >= 15 is 0 Å². The number of carbonyl (C=O) groups is 1. The van der Waals surface area contributed by atoms with Gasteiger partial charge in [-0.25, -0.2) is 0 Å². The molecule has 69 valence electrons. The maximum atomic E-state index is 11.4. The first-order valence-electron chi connectivity index (χ1n) is 4.07. The summed E-state index contributed by atoms with van der Waals surface area (Å²) >= 11 is 0. The van der Waals surface area contributed by atoms with E-state index in [1.165, 1.54) is 0 Å². The molecule has 1 aromatic rings. The molecule has 0 N–H and O–H groups in total. The number of aryl methyl sites for hydroxylation is 1. The van der Waals surface area contributed by atoms with Crippen molar-refractivity contribution in [1.82, 2.24) is 9.78 Å². The largest absolute Gasteiger partial charge is 0.370 e. The highest BCUT2D eigenvalue weighted by Gasteiger charge is 2.21. The van der Waals surface area contributed by atoms with Crippen LogP contribution in [-0.4, -0.2) is 35.4 Å². The predicted molar refractivity (Wildman–Crippen MR) is 45.2 cm³/mol. The zero-order valence-electron chi connectivity index (χ0n) is 7.36. The van der Waals surface area contributed by atoms with Crippen LogP contribution in [0, 0.1) is 6.20 Å². The van der Waals surface area contributed by atoms with Gasteiger partial charge in [-0.3, -0.25) is 14.4 Å². The molecule has 1 aliphatic rings. The Labute approximate surface area is 75.9 Å². The van der Waals surface area contributed by atoms with Gasteiger partial charge in [0.2, 0.25) is 0 Å². The number of anilines is 1. The van der Waals surface area contributed by atoms with Gasteiger partial charge in [-0.2, -0.15) is 5.10 Å². The van der Waals surface area contributed by atoms with Crippen LogP contribution in [-0.2, 0) is 16.6 Å². The van der Waals surface area contributed by atoms with Crippen molar-refractivity contribution in [3.8, 4) is 0 Å². The van der Waals surface area contributed by atoms with E-state index in [-0.39, 0.29) is 12.5 Å². The third kappa shape index (κ3) is 1.42. The molecule has 5 heteroatoms. The van der Waals surface area contributed by atoms with E-state index in [2.05, 4.69) is 11.3 Å². The Kier molecular flexibility index (Phi) is 2.02. The number of ether oxygens (including phenoxy) is 1. The maximum absolute atomic E-state index is 11.4. The molecule has 1 amide bonds. The van der Waals surface area contributed by atoms with Gasteiger partial charge in [0, 0.05) is 13.1 Å². The van der Waals surface area contributed by atoms with E-state index in [1.807, 2.05) is 0 Å². The van der Waals surface area contributed by atoms with Crippen molar-refractivity contribution >= 4 is 11.7 Å². The minimum absolute atomic E-state index is 0.0248. The molecule has 0 unspecified atom stereocenters. The van der Waals surface area contributed by atoms with E-state index in [1.54, 1.807) is 22.7 Å². The average molecular weight is 180 g/mol. The van der Waals surface area contributed by atoms with Crippen molar-refractivity contribution in [2.45, 2.75) is 0 Å². The van der Waals surface area contributed by atoms with Crippen LogP contribution < -0.4 is 4.90 Å². The first-order chi connectivity index (χ1) is 6.29. The highest BCUT2D eigenvalue weighted by Crippen LogP contribution is 2.13. The molecule has 0 atom stereocenters. The minimum atomic E-state index is -0.0248. The summed E-state index contributed by atoms with van der Waals surface area (Å²) in [4.78, 5) is 13.1. The Morgan fingerprint density at radius 3 is 3.15 bits per heavy atom. The van der Waals surface area contributed by atoms with Gasteiger partial charge in [-0.15, -0.1) is 0 Å². The van der Waals surface area contributed by atoms with Crippen LogP contribution in [0.1, 0.15) is 0 Å². The number of nitrogens with zero attached hydrogens (tertiary/aromatic N) is 3. The smallest absolute Gasteiger partial charge is 0.254 e. The fraction of sp³-hybridized carbons (Fsp3) is 0.500. The summed E-state index contributed by atoms with van der Waals surface area (Å²) in [6.07, 6.45) is 2.69. The van der Waals surface area contributed by atoms with Crippen molar-refractivity contribution < 1.29 is 9.53 Å². The third-order valence-electron chi connectivity index (χ3n) is 2.00. The standard InChI is InChI=1S/C8H10N3O2/c1-10-7(2-3-9-10)11-4-5-13-6-8(11)12/h2H,4-6H2,1H3. The van der Waals surface area contributed by atoms with Gasteiger partial charge in [-0.1, -0.05) is 0 Å². The summed E-state index contributed by atoms with van der Waals surface area (Å²) in [7, 11) is 1.79. The Balaban J connectivity index is 2.24. The van der Waals surface area contributed by atoms with Crippen molar-refractivity contribution in [3.05, 3.63) is 12.3 Å². The van der Waals surface area contributed by atoms with E-state index < -0.39 is 0 Å². The van der Waals surface area contributed by atoms with Crippen LogP contribution in [0.2, 0.25) is 0 Å². The van der Waals surface area contributed by atoms with Crippen LogP contribution in [0.3, 0.4) is 0 Å². The Morgan fingerprint density at radius 2 is 2.54 bits per heavy atom. The van der Waals surface area contributed by atoms with Crippen LogP contribution in [0.25, 0.3) is 0 Å². The fourth-order valence-electron chi connectivity index (χ4n) is 1.33. The number of carbonyl (C=O) groups excluding carboxylic acids is 1. The second-order valence-corrected chi connectivity index (χ2v) is 2.85. The van der Waals surface area contributed by atoms with E-state index in [4.69, 9.17) is 4.74 Å². The molecular formula is C8H10N3O2. The number of hydrogen-bond donors (Lipinski definition) is 0. The molecule has 0 saturated carbocycles. The number of rotatable bonds is 1. The van der Waals surface area contributed by atoms with E-state index in [0.717, 1.165) is 5.82 Å². The zero-order chi connectivity index (χ0) is 9.26. The highest BCUT2D eigenvalue weighted by molar-refractivity contribution is 5.93. The summed E-state index contributed by atoms with van der Waals surface area (Å²) in [5, 5.41) is 3.88. The number of aromatic nitrogens is 2. The summed E-state index contributed by atoms with van der Waals surface area (Å²) in [5.41, 5.74) is 0. The van der Waals surface area contributed by atoms with Crippen LogP contribution in [0.15, 0.2) is 6.07 Å². The quantitative estimate of drug-likeness (QED) is 0.590. The molecule has 1 aliphatic heterocycles. The summed E-state index contributed by atoms with van der Waals surface area (Å²) in [5.74, 6) is 0.747. The molecule has 0 spiro atoms. The molecule has 1 saturated heterocycles. The lowest BCUT2D eigenvalue weighted by atomic mass is 10.4. The highest BCUT2D eigenvalue weighted by atomic mass is 16.5. The molecule has 2 rings (SSSR count). The van der Waals surface area contributed by atoms with Crippen molar-refractivity contribution in [2.75, 3.05) is 24.7 Å². The first kappa shape index (κ1) is 8.25. The lowest BCUT2D eigenvalue weighted by Crippen LogP contribution is -2.42. The number of hydrogen-bond acceptors (Lipinski definition) is 3. The predicted octanol–water partition coefficient (Wildman–Crippen LogP) is -0.417. The first-order valence-corrected chi connectivity index (χ1v) is 4.07. The maximum Gasteiger partial charge on any atom is 0.254 e. The molecule has 1 aromatic heterocycles. The Morgan fingerprint density at radius 1 is 1.69 bits per heavy atom. The van der Waals surface area contributed by atoms with Crippen molar-refractivity contribution in [3.63, 3.8) is 0 Å². The molecule has 0 aliphatic carbocycles. The second-order valence-electron chi connectivity index (χ2n) is 2.85. The normalized spacial score (nSPS) is 17.9. The average Bonchev–Trinajstić information content (AvgIpc) is 2.52. The van der Waals surface area contributed by atoms with Gasteiger partial charge in [0.15, 0.2) is 0 Å². The van der Waals surface area contributed by atoms with Crippen LogP contribution >= 0.6 is 0 Å². The van der Waals surface area contributed by atoms with Gasteiger partial charge in [0.05, 0.1) is 13.2 Å². The Bertz CT molecular complexity index is 321. The molecule has 0 bridgehead atoms. The van der Waals surface area contributed by atoms with E-state index in [0.29, 0.717) is 13.2 Å². The summed E-state index contributed by atoms with van der Waals surface area (Å²) in [6.45, 7) is 1.33. The zero-order valence-corrected chi connectivity index (χ0v) is 7.36. The lowest BCUT2D eigenvalue weighted by Gasteiger charge is -2.26. The van der Waals surface area contributed by atoms with Crippen molar-refractivity contribution in [1.29, 1.82) is 0 Å². The topological polar surface area (TPSA) is 47.4 Å².